The van der Waals surface area contributed by atoms with E-state index >= 15 is 0 Å². The Kier molecular flexibility index (Phi) is 3.77. The maximum Gasteiger partial charge on any atom is 0.186 e. The van der Waals surface area contributed by atoms with Crippen molar-refractivity contribution in [2.45, 2.75) is 4.90 Å². The number of Topliss-reactive ketones (excluding diaryl/α,β-unsaturated/α-hetero) is 1. The minimum atomic E-state index is -3.68. The van der Waals surface area contributed by atoms with Crippen molar-refractivity contribution in [3.8, 4) is 0 Å². The molecule has 0 amide bonds. The van der Waals surface area contributed by atoms with Crippen LogP contribution in [0.3, 0.4) is 0 Å². The zero-order valence-electron chi connectivity index (χ0n) is 11.8. The van der Waals surface area contributed by atoms with Crippen molar-refractivity contribution in [3.63, 3.8) is 0 Å². The first-order valence-electron chi connectivity index (χ1n) is 6.87. The number of fused-ring (bicyclic) bond motifs is 1. The first-order valence-corrected chi connectivity index (χ1v) is 8.52. The van der Waals surface area contributed by atoms with Crippen LogP contribution in [0.15, 0.2) is 77.7 Å². The highest BCUT2D eigenvalue weighted by Crippen LogP contribution is 2.24. The molecule has 0 fully saturated rings. The first kappa shape index (κ1) is 14.5. The van der Waals surface area contributed by atoms with E-state index in [1.165, 1.54) is 0 Å². The van der Waals surface area contributed by atoms with E-state index < -0.39 is 21.4 Å². The third-order valence-corrected chi connectivity index (χ3v) is 5.17. The van der Waals surface area contributed by atoms with Gasteiger partial charge in [0.15, 0.2) is 15.6 Å². The van der Waals surface area contributed by atoms with E-state index in [1.807, 2.05) is 18.2 Å². The largest absolute Gasteiger partial charge is 0.293 e. The van der Waals surface area contributed by atoms with Crippen LogP contribution in [0.25, 0.3) is 10.8 Å². The molecule has 3 aromatic rings. The number of benzene rings is 3. The molecule has 0 bridgehead atoms. The average Bonchev–Trinajstić information content (AvgIpc) is 2.54. The molecule has 0 saturated carbocycles. The number of carbonyl (C=O) groups excluding carboxylic acids is 1. The molecule has 0 N–H and O–H groups in total. The van der Waals surface area contributed by atoms with Crippen molar-refractivity contribution in [3.05, 3.63) is 78.4 Å². The number of sulfone groups is 1. The smallest absolute Gasteiger partial charge is 0.186 e. The second kappa shape index (κ2) is 5.73. The predicted octanol–water partition coefficient (Wildman–Crippen LogP) is 3.50. The van der Waals surface area contributed by atoms with Crippen molar-refractivity contribution in [2.75, 3.05) is 5.75 Å². The second-order valence-electron chi connectivity index (χ2n) is 5.03. The molecule has 0 aliphatic heterocycles. The van der Waals surface area contributed by atoms with Crippen molar-refractivity contribution < 1.29 is 13.2 Å². The molecule has 3 rings (SSSR count). The van der Waals surface area contributed by atoms with Gasteiger partial charge in [-0.25, -0.2) is 8.42 Å². The van der Waals surface area contributed by atoms with Crippen LogP contribution in [0.1, 0.15) is 10.4 Å². The molecule has 3 aromatic carbocycles. The summed E-state index contributed by atoms with van der Waals surface area (Å²) in [5.74, 6) is -0.918. The SMILES string of the molecule is O=C(CS(=O)(=O)c1cccc2ccccc12)c1ccccc1. The molecular formula is C18H14O3S. The monoisotopic (exact) mass is 310 g/mol. The first-order chi connectivity index (χ1) is 10.6. The van der Waals surface area contributed by atoms with Gasteiger partial charge in [0.2, 0.25) is 0 Å². The molecule has 0 heterocycles. The lowest BCUT2D eigenvalue weighted by molar-refractivity contribution is 0.102. The van der Waals surface area contributed by atoms with Gasteiger partial charge >= 0.3 is 0 Å². The Bertz CT molecular complexity index is 923. The fraction of sp³-hybridized carbons (Fsp3) is 0.0556. The van der Waals surface area contributed by atoms with Crippen molar-refractivity contribution in [1.29, 1.82) is 0 Å². The number of carbonyl (C=O) groups is 1. The molecule has 0 aromatic heterocycles. The van der Waals surface area contributed by atoms with Gasteiger partial charge in [0, 0.05) is 10.9 Å². The van der Waals surface area contributed by atoms with Crippen molar-refractivity contribution in [2.24, 2.45) is 0 Å². The fourth-order valence-corrected chi connectivity index (χ4v) is 3.90. The highest BCUT2D eigenvalue weighted by Gasteiger charge is 2.22. The molecule has 3 nitrogen and oxygen atoms in total. The average molecular weight is 310 g/mol. The molecule has 0 saturated heterocycles. The van der Waals surface area contributed by atoms with Gasteiger partial charge < -0.3 is 0 Å². The van der Waals surface area contributed by atoms with Gasteiger partial charge in [-0.15, -0.1) is 0 Å². The van der Waals surface area contributed by atoms with Gasteiger partial charge in [0.25, 0.3) is 0 Å². The Balaban J connectivity index is 2.01. The number of ketones is 1. The molecule has 4 heteroatoms. The van der Waals surface area contributed by atoms with E-state index in [4.69, 9.17) is 0 Å². The van der Waals surface area contributed by atoms with E-state index in [9.17, 15) is 13.2 Å². The van der Waals surface area contributed by atoms with Crippen LogP contribution in [0, 0.1) is 0 Å². The summed E-state index contributed by atoms with van der Waals surface area (Å²) in [5, 5.41) is 1.49. The zero-order valence-corrected chi connectivity index (χ0v) is 12.6. The third-order valence-electron chi connectivity index (χ3n) is 3.50. The molecular weight excluding hydrogens is 296 g/mol. The van der Waals surface area contributed by atoms with E-state index in [-0.39, 0.29) is 4.90 Å². The second-order valence-corrected chi connectivity index (χ2v) is 6.98. The summed E-state index contributed by atoms with van der Waals surface area (Å²) >= 11 is 0. The lowest BCUT2D eigenvalue weighted by Crippen LogP contribution is -2.16. The molecule has 0 aliphatic carbocycles. The van der Waals surface area contributed by atoms with Gasteiger partial charge in [0.05, 0.1) is 4.90 Å². The van der Waals surface area contributed by atoms with Crippen molar-refractivity contribution >= 4 is 26.4 Å². The van der Waals surface area contributed by atoms with E-state index in [1.54, 1.807) is 54.6 Å². The summed E-state index contributed by atoms with van der Waals surface area (Å²) in [6, 6.07) is 20.8. The molecule has 0 aliphatic rings. The van der Waals surface area contributed by atoms with Crippen LogP contribution in [-0.4, -0.2) is 20.0 Å². The van der Waals surface area contributed by atoms with Crippen molar-refractivity contribution in [1.82, 2.24) is 0 Å². The Hall–Kier alpha value is -2.46. The summed E-state index contributed by atoms with van der Waals surface area (Å²) in [7, 11) is -3.68. The van der Waals surface area contributed by atoms with Crippen LogP contribution >= 0.6 is 0 Å². The molecule has 22 heavy (non-hydrogen) atoms. The summed E-state index contributed by atoms with van der Waals surface area (Å²) in [6.07, 6.45) is 0. The fourth-order valence-electron chi connectivity index (χ4n) is 2.42. The normalized spacial score (nSPS) is 11.5. The summed E-state index contributed by atoms with van der Waals surface area (Å²) in [5.41, 5.74) is 0.409. The van der Waals surface area contributed by atoms with Gasteiger partial charge in [-0.05, 0) is 11.5 Å². The highest BCUT2D eigenvalue weighted by molar-refractivity contribution is 7.92. The number of rotatable bonds is 4. The number of hydrogen-bond donors (Lipinski definition) is 0. The molecule has 110 valence electrons. The summed E-state index contributed by atoms with van der Waals surface area (Å²) in [4.78, 5) is 12.4. The Morgan fingerprint density at radius 1 is 0.773 bits per heavy atom. The lowest BCUT2D eigenvalue weighted by Gasteiger charge is -2.08. The molecule has 0 atom stereocenters. The minimum absolute atomic E-state index is 0.204. The topological polar surface area (TPSA) is 51.2 Å². The van der Waals surface area contributed by atoms with E-state index in [2.05, 4.69) is 0 Å². The Morgan fingerprint density at radius 2 is 1.41 bits per heavy atom. The molecule has 0 spiro atoms. The minimum Gasteiger partial charge on any atom is -0.293 e. The summed E-state index contributed by atoms with van der Waals surface area (Å²) < 4.78 is 25.2. The highest BCUT2D eigenvalue weighted by atomic mass is 32.2. The van der Waals surface area contributed by atoms with E-state index in [0.29, 0.717) is 10.9 Å². The zero-order chi connectivity index (χ0) is 15.6. The van der Waals surface area contributed by atoms with Gasteiger partial charge in [-0.3, -0.25) is 4.79 Å². The lowest BCUT2D eigenvalue weighted by atomic mass is 10.1. The van der Waals surface area contributed by atoms with E-state index in [0.717, 1.165) is 5.39 Å². The third kappa shape index (κ3) is 2.78. The van der Waals surface area contributed by atoms with Gasteiger partial charge in [-0.1, -0.05) is 66.7 Å². The Labute approximate surface area is 129 Å². The standard InChI is InChI=1S/C18H14O3S/c19-17(15-8-2-1-3-9-15)13-22(20,21)18-12-6-10-14-7-4-5-11-16(14)18/h1-12H,13H2. The quantitative estimate of drug-likeness (QED) is 0.693. The van der Waals surface area contributed by atoms with Crippen LogP contribution in [0.4, 0.5) is 0 Å². The van der Waals surface area contributed by atoms with Crippen LogP contribution in [0.5, 0.6) is 0 Å². The van der Waals surface area contributed by atoms with Gasteiger partial charge in [-0.2, -0.15) is 0 Å². The summed E-state index contributed by atoms with van der Waals surface area (Å²) in [6.45, 7) is 0. The van der Waals surface area contributed by atoms with Crippen LogP contribution in [-0.2, 0) is 9.84 Å². The Morgan fingerprint density at radius 3 is 2.18 bits per heavy atom. The maximum absolute atomic E-state index is 12.6. The van der Waals surface area contributed by atoms with Crippen LogP contribution < -0.4 is 0 Å². The maximum atomic E-state index is 12.6. The predicted molar refractivity (Wildman–Crippen MR) is 86.8 cm³/mol. The van der Waals surface area contributed by atoms with Gasteiger partial charge in [0.1, 0.15) is 5.75 Å². The number of hydrogen-bond acceptors (Lipinski definition) is 3. The van der Waals surface area contributed by atoms with Crippen LogP contribution in [0.2, 0.25) is 0 Å². The molecule has 0 radical (unpaired) electrons. The molecule has 0 unspecified atom stereocenters.